The van der Waals surface area contributed by atoms with Crippen molar-refractivity contribution in [1.29, 1.82) is 0 Å². The van der Waals surface area contributed by atoms with Crippen molar-refractivity contribution in [2.75, 3.05) is 0 Å². The topological polar surface area (TPSA) is 251 Å². The number of aliphatic hydroxyl groups is 1. The summed E-state index contributed by atoms with van der Waals surface area (Å²) in [5.74, 6) is -6.90. The Hall–Kier alpha value is -3.26. The van der Waals surface area contributed by atoms with Crippen molar-refractivity contribution >= 4 is 35.6 Å². The summed E-state index contributed by atoms with van der Waals surface area (Å²) in [5, 5.41) is 34.5. The first-order valence-electron chi connectivity index (χ1n) is 10.3. The van der Waals surface area contributed by atoms with Gasteiger partial charge in [0.2, 0.25) is 23.6 Å². The fraction of sp³-hybridized carbons (Fsp3) is 0.684. The lowest BCUT2D eigenvalue weighted by Gasteiger charge is -2.28. The number of rotatable bonds is 15. The Morgan fingerprint density at radius 1 is 0.879 bits per heavy atom. The molecular formula is C19H33N5O9. The SMILES string of the molecule is CCC(C)C(NC(=O)C(N)CCC(N)=O)C(=O)NC(C(=O)NC(CC(=O)O)C(=O)O)C(C)O. The van der Waals surface area contributed by atoms with Crippen molar-refractivity contribution in [2.45, 2.75) is 76.7 Å². The van der Waals surface area contributed by atoms with Crippen LogP contribution >= 0.6 is 0 Å². The van der Waals surface area contributed by atoms with E-state index in [1.807, 2.05) is 5.32 Å². The quantitative estimate of drug-likeness (QED) is 0.119. The van der Waals surface area contributed by atoms with Gasteiger partial charge in [-0.25, -0.2) is 4.79 Å². The molecule has 0 saturated carbocycles. The van der Waals surface area contributed by atoms with E-state index in [1.54, 1.807) is 13.8 Å². The summed E-state index contributed by atoms with van der Waals surface area (Å²) >= 11 is 0. The van der Waals surface area contributed by atoms with Crippen molar-refractivity contribution in [3.63, 3.8) is 0 Å². The summed E-state index contributed by atoms with van der Waals surface area (Å²) in [7, 11) is 0. The first-order chi connectivity index (χ1) is 15.2. The number of nitrogens with two attached hydrogens (primary N) is 2. The maximum absolute atomic E-state index is 12.8. The molecule has 0 aliphatic carbocycles. The lowest BCUT2D eigenvalue weighted by Crippen LogP contribution is -2.61. The van der Waals surface area contributed by atoms with Gasteiger partial charge in [-0.05, 0) is 19.3 Å². The molecule has 0 spiro atoms. The maximum Gasteiger partial charge on any atom is 0.326 e. The molecule has 14 nitrogen and oxygen atoms in total. The third-order valence-corrected chi connectivity index (χ3v) is 4.89. The van der Waals surface area contributed by atoms with Crippen LogP contribution in [0.5, 0.6) is 0 Å². The molecule has 0 aliphatic heterocycles. The smallest absolute Gasteiger partial charge is 0.326 e. The van der Waals surface area contributed by atoms with Crippen LogP contribution in [-0.2, 0) is 28.8 Å². The monoisotopic (exact) mass is 475 g/mol. The third kappa shape index (κ3) is 10.7. The van der Waals surface area contributed by atoms with Crippen LogP contribution in [0.3, 0.4) is 0 Å². The van der Waals surface area contributed by atoms with Crippen LogP contribution in [0.4, 0.5) is 0 Å². The van der Waals surface area contributed by atoms with Gasteiger partial charge in [0.05, 0.1) is 18.6 Å². The van der Waals surface area contributed by atoms with E-state index in [0.717, 1.165) is 6.92 Å². The molecule has 6 atom stereocenters. The molecule has 6 unspecified atom stereocenters. The normalized spacial score (nSPS) is 16.3. The number of carbonyl (C=O) groups excluding carboxylic acids is 4. The fourth-order valence-electron chi connectivity index (χ4n) is 2.68. The van der Waals surface area contributed by atoms with Crippen LogP contribution < -0.4 is 27.4 Å². The van der Waals surface area contributed by atoms with E-state index in [0.29, 0.717) is 6.42 Å². The zero-order valence-corrected chi connectivity index (χ0v) is 18.7. The van der Waals surface area contributed by atoms with Gasteiger partial charge in [0, 0.05) is 6.42 Å². The predicted molar refractivity (Wildman–Crippen MR) is 113 cm³/mol. The Labute approximate surface area is 190 Å². The highest BCUT2D eigenvalue weighted by molar-refractivity contribution is 5.95. The first kappa shape index (κ1) is 29.7. The minimum absolute atomic E-state index is 0.0468. The summed E-state index contributed by atoms with van der Waals surface area (Å²) in [5.41, 5.74) is 10.7. The molecule has 0 radical (unpaired) electrons. The Balaban J connectivity index is 5.46. The molecule has 14 heteroatoms. The maximum atomic E-state index is 12.8. The van der Waals surface area contributed by atoms with Crippen LogP contribution in [0.25, 0.3) is 0 Å². The predicted octanol–water partition coefficient (Wildman–Crippen LogP) is -2.98. The van der Waals surface area contributed by atoms with Crippen LogP contribution in [0.15, 0.2) is 0 Å². The van der Waals surface area contributed by atoms with Gasteiger partial charge in [-0.2, -0.15) is 0 Å². The Bertz CT molecular complexity index is 743. The summed E-state index contributed by atoms with van der Waals surface area (Å²) in [6.07, 6.45) is -2.16. The zero-order chi connectivity index (χ0) is 25.9. The minimum atomic E-state index is -1.79. The van der Waals surface area contributed by atoms with Crippen molar-refractivity contribution in [3.05, 3.63) is 0 Å². The highest BCUT2D eigenvalue weighted by Gasteiger charge is 2.34. The number of carboxylic acid groups (broad SMARTS) is 2. The van der Waals surface area contributed by atoms with Gasteiger partial charge < -0.3 is 42.7 Å². The number of primary amides is 1. The molecule has 4 amide bonds. The largest absolute Gasteiger partial charge is 0.481 e. The van der Waals surface area contributed by atoms with Gasteiger partial charge in [-0.15, -0.1) is 0 Å². The van der Waals surface area contributed by atoms with Crippen LogP contribution in [0, 0.1) is 5.92 Å². The van der Waals surface area contributed by atoms with Crippen molar-refractivity contribution in [2.24, 2.45) is 17.4 Å². The summed E-state index contributed by atoms with van der Waals surface area (Å²) in [6.45, 7) is 4.55. The number of aliphatic hydroxyl groups excluding tert-OH is 1. The van der Waals surface area contributed by atoms with E-state index in [4.69, 9.17) is 21.7 Å². The fourth-order valence-corrected chi connectivity index (χ4v) is 2.68. The van der Waals surface area contributed by atoms with Crippen LogP contribution in [0.2, 0.25) is 0 Å². The average molecular weight is 475 g/mol. The Morgan fingerprint density at radius 2 is 1.39 bits per heavy atom. The lowest BCUT2D eigenvalue weighted by molar-refractivity contribution is -0.148. The van der Waals surface area contributed by atoms with Gasteiger partial charge in [0.15, 0.2) is 0 Å². The molecule has 0 aromatic carbocycles. The molecule has 0 heterocycles. The number of hydrogen-bond acceptors (Lipinski definition) is 8. The summed E-state index contributed by atoms with van der Waals surface area (Å²) < 4.78 is 0. The zero-order valence-electron chi connectivity index (χ0n) is 18.7. The van der Waals surface area contributed by atoms with Crippen LogP contribution in [-0.4, -0.2) is 81.2 Å². The molecule has 10 N–H and O–H groups in total. The molecule has 33 heavy (non-hydrogen) atoms. The molecule has 0 fully saturated rings. The second-order valence-electron chi connectivity index (χ2n) is 7.71. The Kier molecular flexibility index (Phi) is 12.6. The van der Waals surface area contributed by atoms with Crippen molar-refractivity contribution in [1.82, 2.24) is 16.0 Å². The van der Waals surface area contributed by atoms with Gasteiger partial charge in [0.25, 0.3) is 0 Å². The van der Waals surface area contributed by atoms with E-state index in [9.17, 15) is 33.9 Å². The molecule has 0 aromatic heterocycles. The molecule has 188 valence electrons. The van der Waals surface area contributed by atoms with E-state index in [-0.39, 0.29) is 12.8 Å². The van der Waals surface area contributed by atoms with Gasteiger partial charge in [0.1, 0.15) is 18.1 Å². The number of carbonyl (C=O) groups is 6. The standard InChI is InChI=1S/C19H33N5O9/c1-4-8(2)14(23-16(29)10(20)5-6-12(21)26)17(30)24-15(9(3)25)18(31)22-11(19(32)33)7-13(27)28/h8-11,14-15,25H,4-7,20H2,1-3H3,(H2,21,26)(H,22,31)(H,23,29)(H,24,30)(H,27,28)(H,32,33). The number of carboxylic acids is 2. The number of amides is 4. The van der Waals surface area contributed by atoms with E-state index in [1.165, 1.54) is 0 Å². The van der Waals surface area contributed by atoms with E-state index < -0.39 is 78.2 Å². The van der Waals surface area contributed by atoms with Gasteiger partial charge >= 0.3 is 11.9 Å². The highest BCUT2D eigenvalue weighted by Crippen LogP contribution is 2.10. The summed E-state index contributed by atoms with van der Waals surface area (Å²) in [6, 6.07) is -5.73. The van der Waals surface area contributed by atoms with E-state index >= 15 is 0 Å². The van der Waals surface area contributed by atoms with Gasteiger partial charge in [-0.3, -0.25) is 24.0 Å². The second-order valence-corrected chi connectivity index (χ2v) is 7.71. The molecular weight excluding hydrogens is 442 g/mol. The molecule has 0 saturated heterocycles. The minimum Gasteiger partial charge on any atom is -0.481 e. The highest BCUT2D eigenvalue weighted by atomic mass is 16.4. The van der Waals surface area contributed by atoms with Gasteiger partial charge in [-0.1, -0.05) is 20.3 Å². The number of hydrogen-bond donors (Lipinski definition) is 8. The first-order valence-corrected chi connectivity index (χ1v) is 10.3. The second kappa shape index (κ2) is 14.0. The Morgan fingerprint density at radius 3 is 1.82 bits per heavy atom. The van der Waals surface area contributed by atoms with Crippen molar-refractivity contribution in [3.8, 4) is 0 Å². The lowest BCUT2D eigenvalue weighted by atomic mass is 9.96. The summed E-state index contributed by atoms with van der Waals surface area (Å²) in [4.78, 5) is 70.5. The number of nitrogens with one attached hydrogen (secondary N) is 3. The average Bonchev–Trinajstić information content (AvgIpc) is 2.71. The molecule has 0 aliphatic rings. The third-order valence-electron chi connectivity index (χ3n) is 4.89. The molecule has 0 aromatic rings. The van der Waals surface area contributed by atoms with E-state index in [2.05, 4.69) is 10.6 Å². The molecule has 0 rings (SSSR count). The molecule has 0 bridgehead atoms. The van der Waals surface area contributed by atoms with Crippen molar-refractivity contribution < 1.29 is 44.1 Å². The number of aliphatic carboxylic acids is 2. The van der Waals surface area contributed by atoms with Crippen LogP contribution in [0.1, 0.15) is 46.5 Å².